The lowest BCUT2D eigenvalue weighted by Crippen LogP contribution is -2.33. The normalized spacial score (nSPS) is 11.4. The van der Waals surface area contributed by atoms with Crippen molar-refractivity contribution in [3.8, 4) is 0 Å². The lowest BCUT2D eigenvalue weighted by Gasteiger charge is -2.21. The maximum Gasteiger partial charge on any atom is 0.260 e. The highest BCUT2D eigenvalue weighted by Crippen LogP contribution is 2.34. The summed E-state index contributed by atoms with van der Waals surface area (Å²) in [6.07, 6.45) is 0.873. The SMILES string of the molecule is CCSc1cccc(C(=O)N(CCCN(C)C)c2nc3c(C)c(Cl)ccc3s2)c1. The summed E-state index contributed by atoms with van der Waals surface area (Å²) in [5, 5.41) is 1.42. The Morgan fingerprint density at radius 2 is 2.00 bits per heavy atom. The molecule has 0 aliphatic heterocycles. The summed E-state index contributed by atoms with van der Waals surface area (Å²) >= 11 is 9.56. The van der Waals surface area contributed by atoms with Gasteiger partial charge in [0.05, 0.1) is 10.2 Å². The number of aryl methyl sites for hydroxylation is 1. The van der Waals surface area contributed by atoms with Crippen molar-refractivity contribution in [2.24, 2.45) is 0 Å². The minimum absolute atomic E-state index is 0.00915. The number of carbonyl (C=O) groups is 1. The molecule has 0 aliphatic rings. The van der Waals surface area contributed by atoms with Gasteiger partial charge in [-0.15, -0.1) is 11.8 Å². The van der Waals surface area contributed by atoms with Gasteiger partial charge in [0, 0.05) is 22.0 Å². The Kier molecular flexibility index (Phi) is 7.57. The number of halogens is 1. The van der Waals surface area contributed by atoms with E-state index in [2.05, 4.69) is 11.8 Å². The molecule has 0 spiro atoms. The number of carbonyl (C=O) groups excluding carboxylic acids is 1. The number of anilines is 1. The lowest BCUT2D eigenvalue weighted by molar-refractivity contribution is 0.0986. The summed E-state index contributed by atoms with van der Waals surface area (Å²) < 4.78 is 1.04. The number of aromatic nitrogens is 1. The Bertz CT molecular complexity index is 1000. The van der Waals surface area contributed by atoms with Gasteiger partial charge in [0.25, 0.3) is 5.91 Å². The molecule has 154 valence electrons. The second-order valence-corrected chi connectivity index (χ2v) is 9.84. The quantitative estimate of drug-likeness (QED) is 0.398. The van der Waals surface area contributed by atoms with Gasteiger partial charge in [-0.25, -0.2) is 4.98 Å². The minimum atomic E-state index is -0.00915. The number of benzene rings is 2. The van der Waals surface area contributed by atoms with Crippen LogP contribution in [0.1, 0.15) is 29.3 Å². The van der Waals surface area contributed by atoms with E-state index in [0.29, 0.717) is 17.1 Å². The number of fused-ring (bicyclic) bond motifs is 1. The number of thioether (sulfide) groups is 1. The molecular formula is C22H26ClN3OS2. The zero-order valence-corrected chi connectivity index (χ0v) is 19.6. The van der Waals surface area contributed by atoms with Gasteiger partial charge < -0.3 is 4.90 Å². The highest BCUT2D eigenvalue weighted by molar-refractivity contribution is 7.99. The number of hydrogen-bond donors (Lipinski definition) is 0. The van der Waals surface area contributed by atoms with Gasteiger partial charge >= 0.3 is 0 Å². The fourth-order valence-electron chi connectivity index (χ4n) is 3.07. The zero-order chi connectivity index (χ0) is 21.0. The summed E-state index contributed by atoms with van der Waals surface area (Å²) in [4.78, 5) is 23.3. The van der Waals surface area contributed by atoms with E-state index in [1.165, 1.54) is 0 Å². The number of thiazole rings is 1. The van der Waals surface area contributed by atoms with Crippen molar-refractivity contribution in [3.63, 3.8) is 0 Å². The predicted molar refractivity (Wildman–Crippen MR) is 127 cm³/mol. The van der Waals surface area contributed by atoms with E-state index in [-0.39, 0.29) is 5.91 Å². The van der Waals surface area contributed by atoms with Crippen LogP contribution < -0.4 is 4.90 Å². The van der Waals surface area contributed by atoms with E-state index in [1.54, 1.807) is 23.1 Å². The van der Waals surface area contributed by atoms with Crippen LogP contribution in [0.4, 0.5) is 5.13 Å². The topological polar surface area (TPSA) is 36.4 Å². The Balaban J connectivity index is 1.97. The number of hydrogen-bond acceptors (Lipinski definition) is 5. The molecule has 0 saturated heterocycles. The first-order valence-electron chi connectivity index (χ1n) is 9.65. The van der Waals surface area contributed by atoms with Gasteiger partial charge in [0.2, 0.25) is 0 Å². The third-order valence-corrected chi connectivity index (χ3v) is 6.92. The molecule has 3 rings (SSSR count). The molecule has 2 aromatic carbocycles. The van der Waals surface area contributed by atoms with E-state index in [9.17, 15) is 4.79 Å². The van der Waals surface area contributed by atoms with Crippen molar-refractivity contribution in [2.75, 3.05) is 37.8 Å². The fraction of sp³-hybridized carbons (Fsp3) is 0.364. The average molecular weight is 448 g/mol. The highest BCUT2D eigenvalue weighted by Gasteiger charge is 2.22. The van der Waals surface area contributed by atoms with Crippen molar-refractivity contribution in [3.05, 3.63) is 52.5 Å². The van der Waals surface area contributed by atoms with Crippen LogP contribution in [0.5, 0.6) is 0 Å². The third-order valence-electron chi connectivity index (χ3n) is 4.59. The molecule has 4 nitrogen and oxygen atoms in total. The molecule has 29 heavy (non-hydrogen) atoms. The fourth-order valence-corrected chi connectivity index (χ4v) is 5.00. The maximum atomic E-state index is 13.4. The molecule has 3 aromatic rings. The van der Waals surface area contributed by atoms with Crippen molar-refractivity contribution in [1.29, 1.82) is 0 Å². The summed E-state index contributed by atoms with van der Waals surface area (Å²) in [6, 6.07) is 11.7. The lowest BCUT2D eigenvalue weighted by atomic mass is 10.2. The largest absolute Gasteiger partial charge is 0.309 e. The van der Waals surface area contributed by atoms with Crippen molar-refractivity contribution >= 4 is 56.0 Å². The van der Waals surface area contributed by atoms with Gasteiger partial charge in [0.1, 0.15) is 0 Å². The van der Waals surface area contributed by atoms with Crippen LogP contribution in [0, 0.1) is 6.92 Å². The van der Waals surface area contributed by atoms with Gasteiger partial charge in [-0.3, -0.25) is 9.69 Å². The van der Waals surface area contributed by atoms with E-state index in [0.717, 1.165) is 44.5 Å². The Hall–Kier alpha value is -1.60. The Labute approximate surface area is 185 Å². The standard InChI is InChI=1S/C22H26ClN3OS2/c1-5-28-17-9-6-8-16(14-17)21(27)26(13-7-12-25(3)4)22-24-20-15(2)18(23)10-11-19(20)29-22/h6,8-11,14H,5,7,12-13H2,1-4H3. The number of rotatable bonds is 8. The summed E-state index contributed by atoms with van der Waals surface area (Å²) in [5.74, 6) is 0.965. The first-order valence-corrected chi connectivity index (χ1v) is 11.8. The van der Waals surface area contributed by atoms with Gasteiger partial charge in [-0.05, 0) is 75.6 Å². The minimum Gasteiger partial charge on any atom is -0.309 e. The van der Waals surface area contributed by atoms with E-state index < -0.39 is 0 Å². The smallest absolute Gasteiger partial charge is 0.260 e. The molecule has 0 N–H and O–H groups in total. The monoisotopic (exact) mass is 447 g/mol. The predicted octanol–water partition coefficient (Wildman–Crippen LogP) is 5.97. The molecule has 1 amide bonds. The molecule has 0 unspecified atom stereocenters. The second-order valence-electron chi connectivity index (χ2n) is 7.09. The van der Waals surface area contributed by atoms with Crippen molar-refractivity contribution in [1.82, 2.24) is 9.88 Å². The molecule has 0 radical (unpaired) electrons. The van der Waals surface area contributed by atoms with Crippen LogP contribution in [0.15, 0.2) is 41.3 Å². The maximum absolute atomic E-state index is 13.4. The van der Waals surface area contributed by atoms with Gasteiger partial charge in [-0.1, -0.05) is 35.9 Å². The summed E-state index contributed by atoms with van der Waals surface area (Å²) in [6.45, 7) is 5.61. The van der Waals surface area contributed by atoms with Crippen LogP contribution in [0.2, 0.25) is 5.02 Å². The highest BCUT2D eigenvalue weighted by atomic mass is 35.5. The molecule has 0 fully saturated rings. The van der Waals surface area contributed by atoms with Crippen LogP contribution >= 0.6 is 34.7 Å². The molecule has 0 saturated carbocycles. The third kappa shape index (κ3) is 5.31. The molecule has 0 aliphatic carbocycles. The molecule has 1 aromatic heterocycles. The van der Waals surface area contributed by atoms with Crippen LogP contribution in [-0.2, 0) is 0 Å². The van der Waals surface area contributed by atoms with Crippen LogP contribution in [0.3, 0.4) is 0 Å². The molecule has 0 bridgehead atoms. The van der Waals surface area contributed by atoms with Gasteiger partial charge in [0.15, 0.2) is 5.13 Å². The molecule has 7 heteroatoms. The van der Waals surface area contributed by atoms with E-state index >= 15 is 0 Å². The van der Waals surface area contributed by atoms with Gasteiger partial charge in [-0.2, -0.15) is 0 Å². The second kappa shape index (κ2) is 9.94. The van der Waals surface area contributed by atoms with Crippen LogP contribution in [-0.4, -0.2) is 48.7 Å². The Morgan fingerprint density at radius 1 is 1.21 bits per heavy atom. The van der Waals surface area contributed by atoms with E-state index in [4.69, 9.17) is 16.6 Å². The van der Waals surface area contributed by atoms with Crippen molar-refractivity contribution in [2.45, 2.75) is 25.2 Å². The number of nitrogens with zero attached hydrogens (tertiary/aromatic N) is 3. The first-order chi connectivity index (χ1) is 13.9. The zero-order valence-electron chi connectivity index (χ0n) is 17.2. The molecule has 0 atom stereocenters. The van der Waals surface area contributed by atoms with Crippen LogP contribution in [0.25, 0.3) is 10.2 Å². The number of amides is 1. The molecule has 1 heterocycles. The van der Waals surface area contributed by atoms with Crippen molar-refractivity contribution < 1.29 is 4.79 Å². The summed E-state index contributed by atoms with van der Waals surface area (Å²) in [7, 11) is 4.08. The Morgan fingerprint density at radius 3 is 2.72 bits per heavy atom. The first kappa shape index (κ1) is 22.1. The summed E-state index contributed by atoms with van der Waals surface area (Å²) in [5.41, 5.74) is 2.52. The average Bonchev–Trinajstić information content (AvgIpc) is 3.13. The molecular weight excluding hydrogens is 422 g/mol. The van der Waals surface area contributed by atoms with E-state index in [1.807, 2.05) is 62.3 Å².